The van der Waals surface area contributed by atoms with Crippen LogP contribution in [0.4, 0.5) is 5.82 Å². The Balaban J connectivity index is 2.06. The van der Waals surface area contributed by atoms with E-state index in [1.807, 2.05) is 0 Å². The third-order valence-corrected chi connectivity index (χ3v) is 7.78. The largest absolute Gasteiger partial charge is 0.490 e. The van der Waals surface area contributed by atoms with Crippen molar-refractivity contribution in [3.8, 4) is 0 Å². The maximum Gasteiger partial charge on any atom is 0.490 e. The molecule has 1 aliphatic carbocycles. The molecule has 18 heteroatoms. The zero-order valence-corrected chi connectivity index (χ0v) is 17.1. The number of anilines is 1. The fourth-order valence-electron chi connectivity index (χ4n) is 2.83. The first-order valence-electron chi connectivity index (χ1n) is 7.58. The van der Waals surface area contributed by atoms with Crippen molar-refractivity contribution >= 4 is 29.3 Å². The van der Waals surface area contributed by atoms with Crippen molar-refractivity contribution in [3.05, 3.63) is 34.9 Å². The lowest BCUT2D eigenvalue weighted by molar-refractivity contribution is 0.0472. The van der Waals surface area contributed by atoms with Crippen molar-refractivity contribution in [2.45, 2.75) is 6.04 Å². The van der Waals surface area contributed by atoms with E-state index >= 15 is 0 Å². The molecule has 2 unspecified atom stereocenters. The molecule has 29 heavy (non-hydrogen) atoms. The molecular weight excluding hydrogens is 459 g/mol. The van der Waals surface area contributed by atoms with Crippen LogP contribution in [0.5, 0.6) is 0 Å². The monoisotopic (exact) mass is 477 g/mol. The number of nitrogens with zero attached hydrogens (tertiary/aromatic N) is 2. The standard InChI is InChI=1S/C11H18N3O12P3/c1-6-8(5-24-28(20,21)26-29(22,23)25-27(17,18)19)7(4-15)10(6)14-3-2-9(12)13-11(14)16/h2-3,7-8,10,15H,1,4-5H2,(H,20,21)(H,22,23)(H2,12,13,16)(H2,17,18,19)/t7-,8+,10-/m1/s1. The first-order chi connectivity index (χ1) is 13.2. The van der Waals surface area contributed by atoms with Crippen LogP contribution in [-0.2, 0) is 26.8 Å². The summed E-state index contributed by atoms with van der Waals surface area (Å²) in [4.78, 5) is 51.1. The second kappa shape index (κ2) is 8.50. The number of aromatic nitrogens is 2. The lowest BCUT2D eigenvalue weighted by Gasteiger charge is -2.46. The molecule has 2 rings (SSSR count). The van der Waals surface area contributed by atoms with Crippen LogP contribution in [-0.4, -0.2) is 47.4 Å². The van der Waals surface area contributed by atoms with E-state index in [0.717, 1.165) is 4.57 Å². The minimum atomic E-state index is -5.63. The zero-order valence-electron chi connectivity index (χ0n) is 14.4. The molecule has 5 atom stereocenters. The van der Waals surface area contributed by atoms with E-state index in [0.29, 0.717) is 5.57 Å². The molecule has 7 N–H and O–H groups in total. The Hall–Kier alpha value is -1.21. The molecule has 1 aromatic rings. The van der Waals surface area contributed by atoms with Crippen LogP contribution in [0.15, 0.2) is 29.2 Å². The predicted octanol–water partition coefficient (Wildman–Crippen LogP) is -0.496. The van der Waals surface area contributed by atoms with Crippen LogP contribution in [0.25, 0.3) is 0 Å². The van der Waals surface area contributed by atoms with Gasteiger partial charge in [0.25, 0.3) is 0 Å². The molecule has 0 aliphatic heterocycles. The number of nitrogen functional groups attached to an aromatic ring is 1. The summed E-state index contributed by atoms with van der Waals surface area (Å²) in [7, 11) is -16.4. The molecule has 164 valence electrons. The summed E-state index contributed by atoms with van der Waals surface area (Å²) in [6, 6.07) is 0.637. The van der Waals surface area contributed by atoms with Crippen LogP contribution in [0.2, 0.25) is 0 Å². The Bertz CT molecular complexity index is 989. The minimum absolute atomic E-state index is 0.0130. The summed E-state index contributed by atoms with van der Waals surface area (Å²) in [5.74, 6) is -1.47. The van der Waals surface area contributed by atoms with Crippen LogP contribution >= 0.6 is 23.5 Å². The first-order valence-corrected chi connectivity index (χ1v) is 12.1. The van der Waals surface area contributed by atoms with E-state index < -0.39 is 60.2 Å². The van der Waals surface area contributed by atoms with Gasteiger partial charge in [-0.1, -0.05) is 6.58 Å². The highest BCUT2D eigenvalue weighted by Gasteiger charge is 2.48. The molecule has 1 fully saturated rings. The molecule has 15 nitrogen and oxygen atoms in total. The van der Waals surface area contributed by atoms with Crippen LogP contribution in [0.3, 0.4) is 0 Å². The highest BCUT2D eigenvalue weighted by Crippen LogP contribution is 2.66. The third-order valence-electron chi connectivity index (χ3n) is 3.97. The van der Waals surface area contributed by atoms with Crippen molar-refractivity contribution in [1.82, 2.24) is 9.55 Å². The number of hydrogen-bond donors (Lipinski definition) is 6. The van der Waals surface area contributed by atoms with Crippen LogP contribution in [0.1, 0.15) is 6.04 Å². The molecule has 1 saturated carbocycles. The smallest absolute Gasteiger partial charge is 0.396 e. The van der Waals surface area contributed by atoms with Gasteiger partial charge in [0.2, 0.25) is 0 Å². The Labute approximate surface area is 162 Å². The lowest BCUT2D eigenvalue weighted by Crippen LogP contribution is -2.48. The molecule has 1 heterocycles. The molecule has 0 radical (unpaired) electrons. The molecule has 0 spiro atoms. The SMILES string of the molecule is C=C1[C@@H](n2ccc(N)nc2=O)[C@H](CO)[C@H]1COP(=O)(O)OP(=O)(O)OP(=O)(O)O. The molecule has 1 aliphatic rings. The van der Waals surface area contributed by atoms with Gasteiger partial charge in [0.05, 0.1) is 12.6 Å². The second-order valence-corrected chi connectivity index (χ2v) is 10.3. The molecule has 0 saturated heterocycles. The van der Waals surface area contributed by atoms with E-state index in [-0.39, 0.29) is 5.82 Å². The van der Waals surface area contributed by atoms with Crippen molar-refractivity contribution in [2.75, 3.05) is 18.9 Å². The average molecular weight is 477 g/mol. The molecule has 0 aromatic carbocycles. The van der Waals surface area contributed by atoms with E-state index in [4.69, 9.17) is 20.4 Å². The van der Waals surface area contributed by atoms with Crippen molar-refractivity contribution in [3.63, 3.8) is 0 Å². The second-order valence-electron chi connectivity index (χ2n) is 5.90. The van der Waals surface area contributed by atoms with Crippen molar-refractivity contribution in [1.29, 1.82) is 0 Å². The first kappa shape index (κ1) is 24.1. The highest BCUT2D eigenvalue weighted by molar-refractivity contribution is 7.66. The average Bonchev–Trinajstić information content (AvgIpc) is 2.50. The molecule has 0 amide bonds. The summed E-state index contributed by atoms with van der Waals surface area (Å²) >= 11 is 0. The lowest BCUT2D eigenvalue weighted by atomic mass is 9.66. The fourth-order valence-corrected chi connectivity index (χ4v) is 5.87. The maximum absolute atomic E-state index is 12.0. The zero-order chi connectivity index (χ0) is 22.2. The highest BCUT2D eigenvalue weighted by atomic mass is 31.3. The van der Waals surface area contributed by atoms with Crippen molar-refractivity contribution in [2.24, 2.45) is 11.8 Å². The van der Waals surface area contributed by atoms with Gasteiger partial charge < -0.3 is 30.4 Å². The molecule has 0 bridgehead atoms. The van der Waals surface area contributed by atoms with E-state index in [1.54, 1.807) is 0 Å². The topological polar surface area (TPSA) is 241 Å². The number of hydrogen-bond acceptors (Lipinski definition) is 10. The van der Waals surface area contributed by atoms with Gasteiger partial charge in [0.1, 0.15) is 5.82 Å². The Morgan fingerprint density at radius 2 is 1.79 bits per heavy atom. The van der Waals surface area contributed by atoms with E-state index in [1.165, 1.54) is 12.3 Å². The van der Waals surface area contributed by atoms with Gasteiger partial charge in [-0.15, -0.1) is 0 Å². The van der Waals surface area contributed by atoms with Gasteiger partial charge in [0, 0.05) is 24.6 Å². The van der Waals surface area contributed by atoms with E-state index in [2.05, 4.69) is 24.7 Å². The minimum Gasteiger partial charge on any atom is -0.396 e. The van der Waals surface area contributed by atoms with Gasteiger partial charge in [-0.25, -0.2) is 18.5 Å². The number of aliphatic hydroxyl groups is 1. The number of aliphatic hydroxyl groups excluding tert-OH is 1. The van der Waals surface area contributed by atoms with Gasteiger partial charge in [0.15, 0.2) is 0 Å². The van der Waals surface area contributed by atoms with Gasteiger partial charge in [-0.05, 0) is 11.6 Å². The summed E-state index contributed by atoms with van der Waals surface area (Å²) in [5, 5.41) is 9.58. The summed E-state index contributed by atoms with van der Waals surface area (Å²) in [5.41, 5.74) is 5.02. The van der Waals surface area contributed by atoms with Crippen LogP contribution < -0.4 is 11.4 Å². The third kappa shape index (κ3) is 6.14. The predicted molar refractivity (Wildman–Crippen MR) is 95.0 cm³/mol. The normalized spacial score (nSPS) is 26.4. The molecular formula is C11H18N3O12P3. The van der Waals surface area contributed by atoms with Gasteiger partial charge in [-0.2, -0.15) is 13.6 Å². The fraction of sp³-hybridized carbons (Fsp3) is 0.455. The molecule has 1 aromatic heterocycles. The quantitative estimate of drug-likeness (QED) is 0.194. The summed E-state index contributed by atoms with van der Waals surface area (Å²) in [6.07, 6.45) is 1.34. The van der Waals surface area contributed by atoms with Crippen molar-refractivity contribution < 1.29 is 51.5 Å². The Kier molecular flexibility index (Phi) is 7.05. The number of phosphoric ester groups is 1. The number of nitrogens with two attached hydrogens (primary N) is 1. The van der Waals surface area contributed by atoms with E-state index in [9.17, 15) is 28.5 Å². The Morgan fingerprint density at radius 1 is 1.17 bits per heavy atom. The van der Waals surface area contributed by atoms with Crippen LogP contribution in [0, 0.1) is 11.8 Å². The summed E-state index contributed by atoms with van der Waals surface area (Å²) < 4.78 is 46.6. The maximum atomic E-state index is 12.0. The summed E-state index contributed by atoms with van der Waals surface area (Å²) in [6.45, 7) is 2.61. The van der Waals surface area contributed by atoms with Gasteiger partial charge >= 0.3 is 29.2 Å². The number of phosphoric acid groups is 3. The number of rotatable bonds is 9. The van der Waals surface area contributed by atoms with Gasteiger partial charge in [-0.3, -0.25) is 9.09 Å². The Morgan fingerprint density at radius 3 is 2.31 bits per heavy atom.